The lowest BCUT2D eigenvalue weighted by molar-refractivity contribution is 0.102. The fourth-order valence-electron chi connectivity index (χ4n) is 2.72. The minimum atomic E-state index is -2.48. The molecule has 1 amide bonds. The molecule has 4 aromatic rings. The molecule has 0 aliphatic rings. The number of rotatable bonds is 6. The third-order valence-electron chi connectivity index (χ3n) is 4.18. The lowest BCUT2D eigenvalue weighted by atomic mass is 10.1. The van der Waals surface area contributed by atoms with Crippen molar-refractivity contribution in [2.75, 3.05) is 5.32 Å². The Labute approximate surface area is 175 Å². The van der Waals surface area contributed by atoms with Crippen LogP contribution in [0.5, 0.6) is 0 Å². The molecule has 0 aliphatic heterocycles. The van der Waals surface area contributed by atoms with E-state index in [4.69, 9.17) is 4.42 Å². The molecule has 0 bridgehead atoms. The maximum Gasteiger partial charge on any atom is 0.288 e. The van der Waals surface area contributed by atoms with Crippen molar-refractivity contribution in [1.82, 2.24) is 10.2 Å². The van der Waals surface area contributed by atoms with E-state index in [1.54, 1.807) is 36.4 Å². The first-order valence-electron chi connectivity index (χ1n) is 8.94. The Hall–Kier alpha value is -3.52. The summed E-state index contributed by atoms with van der Waals surface area (Å²) in [7, 11) is 0. The minimum absolute atomic E-state index is 0.314. The van der Waals surface area contributed by atoms with Crippen molar-refractivity contribution in [3.8, 4) is 22.9 Å². The number of hydrogen-bond acceptors (Lipinski definition) is 5. The van der Waals surface area contributed by atoms with Gasteiger partial charge in [-0.2, -0.15) is 8.78 Å². The molecule has 3 aromatic carbocycles. The summed E-state index contributed by atoms with van der Waals surface area (Å²) in [6.45, 7) is 0. The molecule has 150 valence electrons. The van der Waals surface area contributed by atoms with Crippen LogP contribution in [0.15, 0.2) is 88.2 Å². The van der Waals surface area contributed by atoms with E-state index in [9.17, 15) is 13.6 Å². The number of thioether (sulfide) groups is 1. The van der Waals surface area contributed by atoms with Crippen molar-refractivity contribution in [3.63, 3.8) is 0 Å². The topological polar surface area (TPSA) is 68.0 Å². The van der Waals surface area contributed by atoms with E-state index in [1.165, 1.54) is 12.1 Å². The van der Waals surface area contributed by atoms with Gasteiger partial charge in [-0.05, 0) is 60.7 Å². The number of anilines is 1. The number of aromatic nitrogens is 2. The van der Waals surface area contributed by atoms with Gasteiger partial charge in [0.05, 0.1) is 0 Å². The van der Waals surface area contributed by atoms with Gasteiger partial charge in [-0.1, -0.05) is 30.0 Å². The molecule has 0 saturated carbocycles. The Morgan fingerprint density at radius 3 is 2.03 bits per heavy atom. The summed E-state index contributed by atoms with van der Waals surface area (Å²) in [5.74, 6) is -2.02. The SMILES string of the molecule is O=C(Nc1ccc(SC(F)F)cc1)c1ccc(-c2nnc(-c3ccccc3)o2)cc1. The number of hydrogen-bond donors (Lipinski definition) is 1. The van der Waals surface area contributed by atoms with Crippen LogP contribution in [0.25, 0.3) is 22.9 Å². The van der Waals surface area contributed by atoms with E-state index in [1.807, 2.05) is 30.3 Å². The molecule has 1 N–H and O–H groups in total. The number of alkyl halides is 2. The molecular weight excluding hydrogens is 408 g/mol. The third kappa shape index (κ3) is 4.72. The van der Waals surface area contributed by atoms with Crippen LogP contribution in [0.3, 0.4) is 0 Å². The summed E-state index contributed by atoms with van der Waals surface area (Å²) in [5, 5.41) is 10.9. The fourth-order valence-corrected chi connectivity index (χ4v) is 3.22. The van der Waals surface area contributed by atoms with E-state index in [0.717, 1.165) is 5.56 Å². The Morgan fingerprint density at radius 1 is 0.833 bits per heavy atom. The highest BCUT2D eigenvalue weighted by Crippen LogP contribution is 2.27. The molecular formula is C22H15F2N3O2S. The van der Waals surface area contributed by atoms with Crippen LogP contribution in [-0.4, -0.2) is 21.9 Å². The number of carbonyl (C=O) groups is 1. The molecule has 0 aliphatic carbocycles. The minimum Gasteiger partial charge on any atom is -0.416 e. The van der Waals surface area contributed by atoms with Gasteiger partial charge in [-0.3, -0.25) is 4.79 Å². The zero-order valence-corrected chi connectivity index (χ0v) is 16.3. The van der Waals surface area contributed by atoms with Crippen molar-refractivity contribution in [1.29, 1.82) is 0 Å². The summed E-state index contributed by atoms with van der Waals surface area (Å²) in [4.78, 5) is 12.9. The molecule has 4 rings (SSSR count). The molecule has 0 atom stereocenters. The van der Waals surface area contributed by atoms with Gasteiger partial charge < -0.3 is 9.73 Å². The van der Waals surface area contributed by atoms with Crippen LogP contribution in [0, 0.1) is 0 Å². The zero-order chi connectivity index (χ0) is 20.9. The standard InChI is InChI=1S/C22H15F2N3O2S/c23-22(24)30-18-12-10-17(11-13-18)25-19(28)14-6-8-16(9-7-14)21-27-26-20(29-21)15-4-2-1-3-5-15/h1-13,22H,(H,25,28). The highest BCUT2D eigenvalue weighted by Gasteiger charge is 2.12. The smallest absolute Gasteiger partial charge is 0.288 e. The largest absolute Gasteiger partial charge is 0.416 e. The number of amides is 1. The molecule has 5 nitrogen and oxygen atoms in total. The normalized spacial score (nSPS) is 10.9. The van der Waals surface area contributed by atoms with Crippen LogP contribution in [0.1, 0.15) is 10.4 Å². The second kappa shape index (κ2) is 8.87. The van der Waals surface area contributed by atoms with Gasteiger partial charge in [0, 0.05) is 27.3 Å². The molecule has 0 spiro atoms. The van der Waals surface area contributed by atoms with E-state index >= 15 is 0 Å². The van der Waals surface area contributed by atoms with Crippen molar-refractivity contribution in [2.24, 2.45) is 0 Å². The number of carbonyl (C=O) groups excluding carboxylic acids is 1. The Balaban J connectivity index is 1.43. The lowest BCUT2D eigenvalue weighted by Gasteiger charge is -2.07. The van der Waals surface area contributed by atoms with E-state index < -0.39 is 5.76 Å². The van der Waals surface area contributed by atoms with Crippen LogP contribution in [0.2, 0.25) is 0 Å². The second-order valence-electron chi connectivity index (χ2n) is 6.21. The highest BCUT2D eigenvalue weighted by atomic mass is 32.2. The predicted molar refractivity (Wildman–Crippen MR) is 111 cm³/mol. The second-order valence-corrected chi connectivity index (χ2v) is 7.28. The van der Waals surface area contributed by atoms with Gasteiger partial charge in [0.1, 0.15) is 0 Å². The molecule has 1 heterocycles. The maximum atomic E-state index is 12.4. The Morgan fingerprint density at radius 2 is 1.43 bits per heavy atom. The average Bonchev–Trinajstić information content (AvgIpc) is 3.26. The summed E-state index contributed by atoms with van der Waals surface area (Å²) in [6, 6.07) is 22.4. The van der Waals surface area contributed by atoms with Crippen LogP contribution < -0.4 is 5.32 Å². The molecule has 0 radical (unpaired) electrons. The maximum absolute atomic E-state index is 12.4. The molecule has 0 fully saturated rings. The fraction of sp³-hybridized carbons (Fsp3) is 0.0455. The zero-order valence-electron chi connectivity index (χ0n) is 15.5. The molecule has 0 unspecified atom stereocenters. The molecule has 0 saturated heterocycles. The quantitative estimate of drug-likeness (QED) is 0.387. The Bertz CT molecular complexity index is 1130. The van der Waals surface area contributed by atoms with Crippen LogP contribution in [-0.2, 0) is 0 Å². The predicted octanol–water partition coefficient (Wildman–Crippen LogP) is 5.97. The monoisotopic (exact) mass is 423 g/mol. The summed E-state index contributed by atoms with van der Waals surface area (Å²) in [6.07, 6.45) is 0. The Kier molecular flexibility index (Phi) is 5.85. The van der Waals surface area contributed by atoms with Crippen molar-refractivity contribution >= 4 is 23.4 Å². The number of nitrogens with one attached hydrogen (secondary N) is 1. The number of nitrogens with zero attached hydrogens (tertiary/aromatic N) is 2. The molecule has 8 heteroatoms. The van der Waals surface area contributed by atoms with E-state index in [2.05, 4.69) is 15.5 Å². The number of halogens is 2. The van der Waals surface area contributed by atoms with Crippen LogP contribution in [0.4, 0.5) is 14.5 Å². The van der Waals surface area contributed by atoms with Gasteiger partial charge >= 0.3 is 0 Å². The van der Waals surface area contributed by atoms with Gasteiger partial charge in [-0.25, -0.2) is 0 Å². The molecule has 1 aromatic heterocycles. The molecule has 30 heavy (non-hydrogen) atoms. The summed E-state index contributed by atoms with van der Waals surface area (Å²) in [5.41, 5.74) is 2.47. The highest BCUT2D eigenvalue weighted by molar-refractivity contribution is 7.99. The number of benzene rings is 3. The van der Waals surface area contributed by atoms with Crippen molar-refractivity contribution in [3.05, 3.63) is 84.4 Å². The van der Waals surface area contributed by atoms with E-state index in [0.29, 0.717) is 45.3 Å². The first-order valence-corrected chi connectivity index (χ1v) is 9.82. The van der Waals surface area contributed by atoms with Gasteiger partial charge in [0.2, 0.25) is 11.8 Å². The van der Waals surface area contributed by atoms with Gasteiger partial charge in [-0.15, -0.1) is 10.2 Å². The van der Waals surface area contributed by atoms with Gasteiger partial charge in [0.25, 0.3) is 11.7 Å². The lowest BCUT2D eigenvalue weighted by Crippen LogP contribution is -2.11. The average molecular weight is 423 g/mol. The van der Waals surface area contributed by atoms with E-state index in [-0.39, 0.29) is 5.91 Å². The first kappa shape index (κ1) is 19.8. The van der Waals surface area contributed by atoms with Crippen molar-refractivity contribution in [2.45, 2.75) is 10.7 Å². The summed E-state index contributed by atoms with van der Waals surface area (Å²) >= 11 is 0.456. The third-order valence-corrected chi connectivity index (χ3v) is 4.90. The van der Waals surface area contributed by atoms with Crippen molar-refractivity contribution < 1.29 is 18.0 Å². The van der Waals surface area contributed by atoms with Crippen LogP contribution >= 0.6 is 11.8 Å². The first-order chi connectivity index (χ1) is 14.6. The van der Waals surface area contributed by atoms with Gasteiger partial charge in [0.15, 0.2) is 0 Å². The summed E-state index contributed by atoms with van der Waals surface area (Å²) < 4.78 is 30.5.